The zero-order valence-corrected chi connectivity index (χ0v) is 16.9. The molecule has 2 aromatic rings. The van der Waals surface area contributed by atoms with Crippen molar-refractivity contribution in [2.24, 2.45) is 0 Å². The topological polar surface area (TPSA) is 43.4 Å². The largest absolute Gasteiger partial charge is 0.386 e. The van der Waals surface area contributed by atoms with Crippen LogP contribution in [0.3, 0.4) is 0 Å². The second-order valence-electron chi connectivity index (χ2n) is 6.85. The average molecular weight is 367 g/mol. The van der Waals surface area contributed by atoms with Gasteiger partial charge in [0, 0.05) is 0 Å². The van der Waals surface area contributed by atoms with Crippen molar-refractivity contribution in [2.75, 3.05) is 0 Å². The molecule has 3 heteroatoms. The number of ether oxygens (including phenoxy) is 1. The molecule has 0 aromatic heterocycles. The second-order valence-corrected chi connectivity index (χ2v) is 6.85. The minimum Gasteiger partial charge on any atom is -0.386 e. The molecule has 0 N–H and O–H groups in total. The van der Waals surface area contributed by atoms with E-state index in [1.165, 1.54) is 11.1 Å². The van der Waals surface area contributed by atoms with Crippen molar-refractivity contribution in [3.8, 4) is 0 Å². The van der Waals surface area contributed by atoms with Crippen LogP contribution in [-0.2, 0) is 30.4 Å². The molecule has 0 heterocycles. The first-order valence-electron chi connectivity index (χ1n) is 10.0. The second kappa shape index (κ2) is 10.1. The third-order valence-corrected chi connectivity index (χ3v) is 4.87. The zero-order valence-electron chi connectivity index (χ0n) is 16.9. The standard InChI is InChI=1S/C24H30O3/c1-5-9-19-15-21(13-11-17(19)7-3)23(25)27-24(26)22-14-12-18(8-4)20(16-22)10-6-2/h11-16H,5-10H2,1-4H3. The third-order valence-electron chi connectivity index (χ3n) is 4.87. The van der Waals surface area contributed by atoms with Crippen LogP contribution in [0.5, 0.6) is 0 Å². The Labute approximate surface area is 162 Å². The molecule has 0 atom stereocenters. The average Bonchev–Trinajstić information content (AvgIpc) is 2.68. The molecule has 0 saturated carbocycles. The van der Waals surface area contributed by atoms with Crippen LogP contribution in [0.4, 0.5) is 0 Å². The molecule has 0 aliphatic heterocycles. The van der Waals surface area contributed by atoms with Crippen LogP contribution >= 0.6 is 0 Å². The fourth-order valence-corrected chi connectivity index (χ4v) is 3.40. The maximum absolute atomic E-state index is 12.5. The van der Waals surface area contributed by atoms with Crippen LogP contribution in [0.15, 0.2) is 36.4 Å². The summed E-state index contributed by atoms with van der Waals surface area (Å²) < 4.78 is 5.16. The van der Waals surface area contributed by atoms with E-state index < -0.39 is 11.9 Å². The highest BCUT2D eigenvalue weighted by Crippen LogP contribution is 2.18. The maximum Gasteiger partial charge on any atom is 0.346 e. The first kappa shape index (κ1) is 20.9. The van der Waals surface area contributed by atoms with E-state index in [2.05, 4.69) is 27.7 Å². The van der Waals surface area contributed by atoms with Crippen molar-refractivity contribution in [1.82, 2.24) is 0 Å². The maximum atomic E-state index is 12.5. The molecule has 27 heavy (non-hydrogen) atoms. The molecule has 0 radical (unpaired) electrons. The SMILES string of the molecule is CCCc1cc(C(=O)OC(=O)c2ccc(CC)c(CCC)c2)ccc1CC. The number of esters is 2. The summed E-state index contributed by atoms with van der Waals surface area (Å²) in [7, 11) is 0. The minimum absolute atomic E-state index is 0.433. The number of carbonyl (C=O) groups is 2. The Morgan fingerprint density at radius 3 is 1.41 bits per heavy atom. The van der Waals surface area contributed by atoms with Crippen molar-refractivity contribution in [3.63, 3.8) is 0 Å². The first-order valence-corrected chi connectivity index (χ1v) is 10.0. The van der Waals surface area contributed by atoms with Crippen LogP contribution in [0.2, 0.25) is 0 Å². The van der Waals surface area contributed by atoms with Gasteiger partial charge < -0.3 is 4.74 Å². The summed E-state index contributed by atoms with van der Waals surface area (Å²) in [5, 5.41) is 0. The lowest BCUT2D eigenvalue weighted by atomic mass is 9.98. The van der Waals surface area contributed by atoms with Gasteiger partial charge in [0.1, 0.15) is 0 Å². The summed E-state index contributed by atoms with van der Waals surface area (Å²) in [5.41, 5.74) is 5.64. The summed E-state index contributed by atoms with van der Waals surface area (Å²) in [6.45, 7) is 8.43. The van der Waals surface area contributed by atoms with Gasteiger partial charge in [-0.2, -0.15) is 0 Å². The fourth-order valence-electron chi connectivity index (χ4n) is 3.40. The van der Waals surface area contributed by atoms with E-state index in [4.69, 9.17) is 4.74 Å². The van der Waals surface area contributed by atoms with Gasteiger partial charge in [-0.15, -0.1) is 0 Å². The van der Waals surface area contributed by atoms with Crippen molar-refractivity contribution in [2.45, 2.75) is 66.2 Å². The Morgan fingerprint density at radius 1 is 0.667 bits per heavy atom. The van der Waals surface area contributed by atoms with Crippen LogP contribution in [-0.4, -0.2) is 11.9 Å². The Balaban J connectivity index is 2.19. The molecule has 0 fully saturated rings. The van der Waals surface area contributed by atoms with E-state index in [1.54, 1.807) is 12.1 Å². The van der Waals surface area contributed by atoms with Gasteiger partial charge in [0.25, 0.3) is 0 Å². The lowest BCUT2D eigenvalue weighted by molar-refractivity contribution is 0.0397. The highest BCUT2D eigenvalue weighted by atomic mass is 16.6. The smallest absolute Gasteiger partial charge is 0.346 e. The number of aryl methyl sites for hydroxylation is 4. The molecular weight excluding hydrogens is 336 g/mol. The van der Waals surface area contributed by atoms with Gasteiger partial charge in [0.2, 0.25) is 0 Å². The van der Waals surface area contributed by atoms with Gasteiger partial charge in [0.15, 0.2) is 0 Å². The van der Waals surface area contributed by atoms with E-state index in [0.717, 1.165) is 49.7 Å². The summed E-state index contributed by atoms with van der Waals surface area (Å²) in [5.74, 6) is -1.17. The van der Waals surface area contributed by atoms with Crippen LogP contribution in [0.1, 0.15) is 83.5 Å². The summed E-state index contributed by atoms with van der Waals surface area (Å²) in [4.78, 5) is 25.0. The summed E-state index contributed by atoms with van der Waals surface area (Å²) in [6.07, 6.45) is 5.69. The lowest BCUT2D eigenvalue weighted by Gasteiger charge is -2.11. The van der Waals surface area contributed by atoms with E-state index in [-0.39, 0.29) is 0 Å². The molecular formula is C24H30O3. The molecule has 0 aliphatic carbocycles. The molecule has 0 amide bonds. The molecule has 0 aliphatic rings. The summed E-state index contributed by atoms with van der Waals surface area (Å²) >= 11 is 0. The van der Waals surface area contributed by atoms with Crippen molar-refractivity contribution >= 4 is 11.9 Å². The number of hydrogen-bond donors (Lipinski definition) is 0. The van der Waals surface area contributed by atoms with Gasteiger partial charge in [-0.1, -0.05) is 52.7 Å². The normalized spacial score (nSPS) is 10.7. The number of benzene rings is 2. The predicted octanol–water partition coefficient (Wildman–Crippen LogP) is 5.71. The third kappa shape index (κ3) is 5.29. The predicted molar refractivity (Wildman–Crippen MR) is 109 cm³/mol. The Bertz CT molecular complexity index is 738. The van der Waals surface area contributed by atoms with Crippen LogP contribution in [0.25, 0.3) is 0 Å². The molecule has 0 saturated heterocycles. The fraction of sp³-hybridized carbons (Fsp3) is 0.417. The molecule has 144 valence electrons. The molecule has 0 unspecified atom stereocenters. The van der Waals surface area contributed by atoms with Gasteiger partial charge in [-0.3, -0.25) is 0 Å². The van der Waals surface area contributed by atoms with E-state index in [9.17, 15) is 9.59 Å². The van der Waals surface area contributed by atoms with E-state index >= 15 is 0 Å². The summed E-state index contributed by atoms with van der Waals surface area (Å²) in [6, 6.07) is 11.1. The highest BCUT2D eigenvalue weighted by Gasteiger charge is 2.17. The number of hydrogen-bond acceptors (Lipinski definition) is 3. The number of carbonyl (C=O) groups excluding carboxylic acids is 2. The Kier molecular flexibility index (Phi) is 7.78. The zero-order chi connectivity index (χ0) is 19.8. The highest BCUT2D eigenvalue weighted by molar-refractivity contribution is 6.02. The molecule has 2 aromatic carbocycles. The Hall–Kier alpha value is -2.42. The first-order chi connectivity index (χ1) is 13.0. The molecule has 3 nitrogen and oxygen atoms in total. The number of rotatable bonds is 8. The minimum atomic E-state index is -0.586. The quantitative estimate of drug-likeness (QED) is 0.444. The van der Waals surface area contributed by atoms with E-state index in [0.29, 0.717) is 11.1 Å². The molecule has 0 bridgehead atoms. The van der Waals surface area contributed by atoms with Gasteiger partial charge in [-0.25, -0.2) is 9.59 Å². The van der Waals surface area contributed by atoms with Gasteiger partial charge in [0.05, 0.1) is 11.1 Å². The molecule has 0 spiro atoms. The van der Waals surface area contributed by atoms with E-state index in [1.807, 2.05) is 24.3 Å². The van der Waals surface area contributed by atoms with Crippen molar-refractivity contribution in [1.29, 1.82) is 0 Å². The van der Waals surface area contributed by atoms with Gasteiger partial charge in [-0.05, 0) is 72.2 Å². The molecule has 2 rings (SSSR count). The van der Waals surface area contributed by atoms with Crippen LogP contribution < -0.4 is 0 Å². The monoisotopic (exact) mass is 366 g/mol. The lowest BCUT2D eigenvalue weighted by Crippen LogP contribution is -2.14. The van der Waals surface area contributed by atoms with Crippen molar-refractivity contribution in [3.05, 3.63) is 69.8 Å². The Morgan fingerprint density at radius 2 is 1.07 bits per heavy atom. The van der Waals surface area contributed by atoms with Gasteiger partial charge >= 0.3 is 11.9 Å². The van der Waals surface area contributed by atoms with Crippen molar-refractivity contribution < 1.29 is 14.3 Å². The van der Waals surface area contributed by atoms with Crippen LogP contribution in [0, 0.1) is 0 Å².